The predicted octanol–water partition coefficient (Wildman–Crippen LogP) is 2.58. The van der Waals surface area contributed by atoms with Gasteiger partial charge in [-0.3, -0.25) is 0 Å². The second kappa shape index (κ2) is 3.53. The van der Waals surface area contributed by atoms with E-state index in [9.17, 15) is 13.2 Å². The van der Waals surface area contributed by atoms with Gasteiger partial charge in [0.1, 0.15) is 11.5 Å². The van der Waals surface area contributed by atoms with E-state index in [0.29, 0.717) is 10.9 Å². The molecule has 0 radical (unpaired) electrons. The Morgan fingerprint density at radius 1 is 1.38 bits per heavy atom. The minimum atomic E-state index is -4.44. The fraction of sp³-hybridized carbons (Fsp3) is 0.286. The van der Waals surface area contributed by atoms with Crippen molar-refractivity contribution in [1.29, 1.82) is 0 Å². The van der Waals surface area contributed by atoms with Gasteiger partial charge < -0.3 is 5.73 Å². The van der Waals surface area contributed by atoms with Crippen LogP contribution in [0.25, 0.3) is 0 Å². The van der Waals surface area contributed by atoms with E-state index in [1.54, 1.807) is 0 Å². The maximum absolute atomic E-state index is 12.2. The van der Waals surface area contributed by atoms with Crippen LogP contribution in [0.3, 0.4) is 0 Å². The normalized spacial score (nSPS) is 11.7. The van der Waals surface area contributed by atoms with Gasteiger partial charge >= 0.3 is 6.18 Å². The number of rotatable bonds is 1. The topological polar surface area (TPSA) is 38.9 Å². The van der Waals surface area contributed by atoms with Gasteiger partial charge in [-0.25, -0.2) is 4.98 Å². The van der Waals surface area contributed by atoms with E-state index < -0.39 is 11.9 Å². The monoisotopic (exact) mass is 254 g/mol. The molecule has 1 aromatic rings. The number of anilines is 1. The van der Waals surface area contributed by atoms with Crippen molar-refractivity contribution in [1.82, 2.24) is 4.98 Å². The van der Waals surface area contributed by atoms with Crippen molar-refractivity contribution in [3.05, 3.63) is 23.4 Å². The van der Waals surface area contributed by atoms with Crippen LogP contribution in [0.2, 0.25) is 0 Å². The highest BCUT2D eigenvalue weighted by atomic mass is 79.9. The molecule has 72 valence electrons. The maximum Gasteiger partial charge on any atom is 0.433 e. The third kappa shape index (κ3) is 2.58. The zero-order chi connectivity index (χ0) is 10.1. The Morgan fingerprint density at radius 3 is 2.46 bits per heavy atom. The van der Waals surface area contributed by atoms with E-state index in [4.69, 9.17) is 5.73 Å². The Morgan fingerprint density at radius 2 is 2.00 bits per heavy atom. The zero-order valence-electron chi connectivity index (χ0n) is 6.40. The fourth-order valence-corrected chi connectivity index (χ4v) is 1.16. The lowest BCUT2D eigenvalue weighted by Crippen LogP contribution is -2.10. The lowest BCUT2D eigenvalue weighted by Gasteiger charge is -2.07. The van der Waals surface area contributed by atoms with E-state index in [1.165, 1.54) is 6.07 Å². The van der Waals surface area contributed by atoms with Crippen molar-refractivity contribution in [2.75, 3.05) is 5.73 Å². The number of aromatic nitrogens is 1. The summed E-state index contributed by atoms with van der Waals surface area (Å²) in [6, 6.07) is 2.36. The van der Waals surface area contributed by atoms with Crippen molar-refractivity contribution < 1.29 is 13.2 Å². The first-order valence-electron chi connectivity index (χ1n) is 3.33. The molecule has 0 saturated heterocycles. The fourth-order valence-electron chi connectivity index (χ4n) is 0.833. The summed E-state index contributed by atoms with van der Waals surface area (Å²) in [5.74, 6) is -0.121. The lowest BCUT2D eigenvalue weighted by atomic mass is 10.2. The van der Waals surface area contributed by atoms with Crippen molar-refractivity contribution in [2.24, 2.45) is 0 Å². The minimum Gasteiger partial charge on any atom is -0.384 e. The van der Waals surface area contributed by atoms with Gasteiger partial charge in [-0.05, 0) is 17.7 Å². The van der Waals surface area contributed by atoms with Gasteiger partial charge in [0.05, 0.1) is 0 Å². The molecule has 1 aromatic heterocycles. The first-order valence-corrected chi connectivity index (χ1v) is 4.45. The molecule has 1 rings (SSSR count). The van der Waals surface area contributed by atoms with Crippen LogP contribution in [0.15, 0.2) is 12.1 Å². The van der Waals surface area contributed by atoms with Crippen molar-refractivity contribution in [3.63, 3.8) is 0 Å². The van der Waals surface area contributed by atoms with Crippen molar-refractivity contribution >= 4 is 21.7 Å². The molecule has 0 aliphatic heterocycles. The summed E-state index contributed by atoms with van der Waals surface area (Å²) in [6.07, 6.45) is -4.44. The summed E-state index contributed by atoms with van der Waals surface area (Å²) in [5.41, 5.74) is 4.70. The second-order valence-corrected chi connectivity index (χ2v) is 2.98. The molecule has 0 aromatic carbocycles. The van der Waals surface area contributed by atoms with Crippen LogP contribution in [0.5, 0.6) is 0 Å². The largest absolute Gasteiger partial charge is 0.433 e. The predicted molar refractivity (Wildman–Crippen MR) is 46.3 cm³/mol. The molecule has 0 aliphatic rings. The lowest BCUT2D eigenvalue weighted by molar-refractivity contribution is -0.141. The summed E-state index contributed by atoms with van der Waals surface area (Å²) in [5, 5.41) is 0.322. The Kier molecular flexibility index (Phi) is 2.80. The quantitative estimate of drug-likeness (QED) is 0.783. The summed E-state index contributed by atoms with van der Waals surface area (Å²) in [6.45, 7) is 0. The number of nitrogens with zero attached hydrogens (tertiary/aromatic N) is 1. The minimum absolute atomic E-state index is 0.121. The molecule has 0 amide bonds. The van der Waals surface area contributed by atoms with Gasteiger partial charge in [0.2, 0.25) is 0 Å². The van der Waals surface area contributed by atoms with Crippen LogP contribution in [0.4, 0.5) is 19.0 Å². The molecule has 0 atom stereocenters. The van der Waals surface area contributed by atoms with Gasteiger partial charge in [0.15, 0.2) is 0 Å². The van der Waals surface area contributed by atoms with Crippen LogP contribution < -0.4 is 5.73 Å². The molecular weight excluding hydrogens is 249 g/mol. The van der Waals surface area contributed by atoms with Crippen LogP contribution in [0, 0.1) is 0 Å². The molecular formula is C7H6BrF3N2. The third-order valence-corrected chi connectivity index (χ3v) is 2.00. The maximum atomic E-state index is 12.2. The molecule has 2 N–H and O–H groups in total. The second-order valence-electron chi connectivity index (χ2n) is 2.42. The number of nitrogens with two attached hydrogens (primary N) is 1. The van der Waals surface area contributed by atoms with E-state index in [1.807, 2.05) is 0 Å². The number of nitrogen functional groups attached to an aromatic ring is 1. The molecule has 1 heterocycles. The highest BCUT2D eigenvalue weighted by Gasteiger charge is 2.32. The van der Waals surface area contributed by atoms with Crippen molar-refractivity contribution in [3.8, 4) is 0 Å². The Balaban J connectivity index is 3.16. The van der Waals surface area contributed by atoms with Crippen LogP contribution >= 0.6 is 15.9 Å². The van der Waals surface area contributed by atoms with Gasteiger partial charge in [-0.2, -0.15) is 13.2 Å². The molecule has 0 aliphatic carbocycles. The molecule has 6 heteroatoms. The molecule has 0 spiro atoms. The molecule has 0 bridgehead atoms. The number of hydrogen-bond acceptors (Lipinski definition) is 2. The Hall–Kier alpha value is -0.780. The van der Waals surface area contributed by atoms with Crippen LogP contribution in [-0.4, -0.2) is 4.98 Å². The van der Waals surface area contributed by atoms with Crippen LogP contribution in [-0.2, 0) is 11.5 Å². The standard InChI is InChI=1S/C7H6BrF3N2/c8-3-4-1-5(7(9,10)11)13-6(12)2-4/h1-2H,3H2,(H2,12,13). The molecule has 0 unspecified atom stereocenters. The van der Waals surface area contributed by atoms with E-state index in [-0.39, 0.29) is 5.82 Å². The molecule has 2 nitrogen and oxygen atoms in total. The molecule has 13 heavy (non-hydrogen) atoms. The van der Waals surface area contributed by atoms with Gasteiger partial charge in [0, 0.05) is 5.33 Å². The van der Waals surface area contributed by atoms with Crippen LogP contribution in [0.1, 0.15) is 11.3 Å². The summed E-state index contributed by atoms with van der Waals surface area (Å²) >= 11 is 3.04. The molecule has 0 saturated carbocycles. The van der Waals surface area contributed by atoms with Gasteiger partial charge in [-0.1, -0.05) is 15.9 Å². The Labute approximate surface area is 81.1 Å². The van der Waals surface area contributed by atoms with Gasteiger partial charge in [-0.15, -0.1) is 0 Å². The summed E-state index contributed by atoms with van der Waals surface area (Å²) < 4.78 is 36.5. The highest BCUT2D eigenvalue weighted by Crippen LogP contribution is 2.29. The van der Waals surface area contributed by atoms with E-state index in [2.05, 4.69) is 20.9 Å². The average molecular weight is 255 g/mol. The Bertz CT molecular complexity index is 311. The highest BCUT2D eigenvalue weighted by molar-refractivity contribution is 9.08. The number of halogens is 4. The van der Waals surface area contributed by atoms with Gasteiger partial charge in [0.25, 0.3) is 0 Å². The first-order chi connectivity index (χ1) is 5.93. The smallest absolute Gasteiger partial charge is 0.384 e. The summed E-state index contributed by atoms with van der Waals surface area (Å²) in [4.78, 5) is 3.18. The average Bonchev–Trinajstić information content (AvgIpc) is 2.01. The van der Waals surface area contributed by atoms with Crippen molar-refractivity contribution in [2.45, 2.75) is 11.5 Å². The summed E-state index contributed by atoms with van der Waals surface area (Å²) in [7, 11) is 0. The SMILES string of the molecule is Nc1cc(CBr)cc(C(F)(F)F)n1. The number of hydrogen-bond donors (Lipinski definition) is 1. The van der Waals surface area contributed by atoms with E-state index in [0.717, 1.165) is 6.07 Å². The zero-order valence-corrected chi connectivity index (χ0v) is 7.98. The molecule has 0 fully saturated rings. The first kappa shape index (κ1) is 10.3. The third-order valence-electron chi connectivity index (χ3n) is 1.35. The number of pyridine rings is 1. The number of alkyl halides is 4. The van der Waals surface area contributed by atoms with E-state index >= 15 is 0 Å².